The number of benzene rings is 2. The Bertz CT molecular complexity index is 1050. The Kier molecular flexibility index (Phi) is 6.69. The Morgan fingerprint density at radius 1 is 1.00 bits per heavy atom. The van der Waals surface area contributed by atoms with Crippen LogP contribution in [0.15, 0.2) is 70.9 Å². The van der Waals surface area contributed by atoms with Gasteiger partial charge in [0.05, 0.1) is 6.61 Å². The van der Waals surface area contributed by atoms with Crippen LogP contribution in [0.25, 0.3) is 0 Å². The van der Waals surface area contributed by atoms with Gasteiger partial charge in [-0.3, -0.25) is 14.6 Å². The number of carbonyl (C=O) groups is 2. The van der Waals surface area contributed by atoms with Crippen molar-refractivity contribution >= 4 is 17.5 Å². The summed E-state index contributed by atoms with van der Waals surface area (Å²) in [6, 6.07) is 18.5. The predicted molar refractivity (Wildman–Crippen MR) is 127 cm³/mol. The van der Waals surface area contributed by atoms with Crippen LogP contribution in [0.1, 0.15) is 68.6 Å². The van der Waals surface area contributed by atoms with Crippen molar-refractivity contribution < 1.29 is 14.3 Å². The average molecular weight is 430 g/mol. The summed E-state index contributed by atoms with van der Waals surface area (Å²) in [7, 11) is 0. The van der Waals surface area contributed by atoms with E-state index >= 15 is 0 Å². The zero-order chi connectivity index (χ0) is 22.7. The van der Waals surface area contributed by atoms with Crippen LogP contribution >= 0.6 is 0 Å². The number of nitrogens with zero attached hydrogens (tertiary/aromatic N) is 1. The van der Waals surface area contributed by atoms with E-state index in [1.54, 1.807) is 0 Å². The molecular weight excluding hydrogens is 398 g/mol. The fraction of sp³-hybridized carbons (Fsp3) is 0.393. The topological polar surface area (TPSA) is 55.7 Å². The smallest absolute Gasteiger partial charge is 0.315 e. The van der Waals surface area contributed by atoms with Gasteiger partial charge in [-0.15, -0.1) is 0 Å². The summed E-state index contributed by atoms with van der Waals surface area (Å²) < 4.78 is 5.55. The minimum atomic E-state index is -0.565. The molecule has 0 N–H and O–H groups in total. The van der Waals surface area contributed by atoms with E-state index in [0.717, 1.165) is 35.4 Å². The zero-order valence-corrected chi connectivity index (χ0v) is 19.1. The number of aryl methyl sites for hydroxylation is 1. The predicted octanol–water partition coefficient (Wildman–Crippen LogP) is 5.78. The number of aliphatic imine (C=N–C) groups is 1. The third-order valence-electron chi connectivity index (χ3n) is 6.61. The molecule has 1 unspecified atom stereocenters. The maximum atomic E-state index is 13.5. The number of allylic oxidation sites excluding steroid dienone is 2. The van der Waals surface area contributed by atoms with Crippen LogP contribution in [0, 0.1) is 5.92 Å². The molecule has 3 atom stereocenters. The zero-order valence-electron chi connectivity index (χ0n) is 19.1. The molecule has 32 heavy (non-hydrogen) atoms. The highest BCUT2D eigenvalue weighted by Gasteiger charge is 2.44. The van der Waals surface area contributed by atoms with Gasteiger partial charge in [0, 0.05) is 29.3 Å². The first-order valence-corrected chi connectivity index (χ1v) is 11.6. The first-order chi connectivity index (χ1) is 15.5. The summed E-state index contributed by atoms with van der Waals surface area (Å²) in [4.78, 5) is 31.5. The third kappa shape index (κ3) is 4.32. The third-order valence-corrected chi connectivity index (χ3v) is 6.61. The molecule has 1 aliphatic heterocycles. The number of ketones is 1. The first kappa shape index (κ1) is 22.2. The van der Waals surface area contributed by atoms with Gasteiger partial charge in [0.15, 0.2) is 5.78 Å². The molecule has 1 heterocycles. The lowest BCUT2D eigenvalue weighted by atomic mass is 9.69. The molecule has 0 radical (unpaired) electrons. The van der Waals surface area contributed by atoms with Crippen molar-refractivity contribution in [1.82, 2.24) is 0 Å². The van der Waals surface area contributed by atoms with E-state index in [0.29, 0.717) is 25.0 Å². The van der Waals surface area contributed by atoms with Crippen molar-refractivity contribution in [1.29, 1.82) is 0 Å². The minimum absolute atomic E-state index is 0.0919. The van der Waals surface area contributed by atoms with Crippen LogP contribution in [-0.2, 0) is 20.7 Å². The lowest BCUT2D eigenvalue weighted by molar-refractivity contribution is -0.146. The maximum absolute atomic E-state index is 13.5. The van der Waals surface area contributed by atoms with Crippen LogP contribution < -0.4 is 0 Å². The molecule has 4 nitrogen and oxygen atoms in total. The Morgan fingerprint density at radius 2 is 1.72 bits per heavy atom. The molecule has 4 heteroatoms. The molecule has 0 amide bonds. The molecule has 0 aromatic heterocycles. The van der Waals surface area contributed by atoms with Gasteiger partial charge in [0.1, 0.15) is 5.92 Å². The van der Waals surface area contributed by atoms with E-state index in [-0.39, 0.29) is 23.6 Å². The lowest BCUT2D eigenvalue weighted by Crippen LogP contribution is -2.38. The van der Waals surface area contributed by atoms with Crippen LogP contribution in [0.5, 0.6) is 0 Å². The summed E-state index contributed by atoms with van der Waals surface area (Å²) in [5, 5.41) is 0. The number of carbonyl (C=O) groups excluding carboxylic acids is 2. The van der Waals surface area contributed by atoms with Crippen LogP contribution in [0.2, 0.25) is 0 Å². The normalized spacial score (nSPS) is 22.9. The molecule has 4 rings (SSSR count). The van der Waals surface area contributed by atoms with Crippen molar-refractivity contribution in [3.8, 4) is 0 Å². The SMILES string of the molecule is CCCOC(=O)C1C(C)=NC2=C(C(=O)C[C@@H](c3ccccc3)C2)[C@@H]1c1ccc(CC)cc1. The van der Waals surface area contributed by atoms with Crippen molar-refractivity contribution in [2.24, 2.45) is 10.9 Å². The average Bonchev–Trinajstić information content (AvgIpc) is 2.82. The molecule has 2 aromatic rings. The Labute approximate surface area is 190 Å². The maximum Gasteiger partial charge on any atom is 0.315 e. The van der Waals surface area contributed by atoms with Crippen LogP contribution in [0.3, 0.4) is 0 Å². The molecule has 2 aliphatic rings. The van der Waals surface area contributed by atoms with Crippen LogP contribution in [-0.4, -0.2) is 24.1 Å². The molecule has 0 spiro atoms. The molecule has 0 bridgehead atoms. The van der Waals surface area contributed by atoms with E-state index in [1.165, 1.54) is 5.56 Å². The molecule has 1 aliphatic carbocycles. The molecule has 0 fully saturated rings. The quantitative estimate of drug-likeness (QED) is 0.547. The standard InChI is InChI=1S/C28H31NO3/c1-4-15-32-28(31)25-18(3)29-23-16-22(20-9-7-6-8-10-20)17-24(30)27(23)26(25)21-13-11-19(5-2)12-14-21/h6-14,22,25-26H,4-5,15-17H2,1-3H3/t22-,25?,26+/m0/s1. The van der Waals surface area contributed by atoms with E-state index < -0.39 is 5.92 Å². The van der Waals surface area contributed by atoms with E-state index in [2.05, 4.69) is 43.3 Å². The van der Waals surface area contributed by atoms with Gasteiger partial charge in [-0.25, -0.2) is 0 Å². The highest BCUT2D eigenvalue weighted by atomic mass is 16.5. The minimum Gasteiger partial charge on any atom is -0.465 e. The molecule has 166 valence electrons. The fourth-order valence-electron chi connectivity index (χ4n) is 4.94. The Hall–Kier alpha value is -3.01. The monoisotopic (exact) mass is 429 g/mol. The number of Topliss-reactive ketones (excluding diaryl/α,β-unsaturated/α-hetero) is 1. The summed E-state index contributed by atoms with van der Waals surface area (Å²) >= 11 is 0. The second kappa shape index (κ2) is 9.64. The summed E-state index contributed by atoms with van der Waals surface area (Å²) in [5.74, 6) is -0.992. The molecule has 0 saturated heterocycles. The highest BCUT2D eigenvalue weighted by molar-refractivity contribution is 6.09. The summed E-state index contributed by atoms with van der Waals surface area (Å²) in [6.07, 6.45) is 2.86. The number of rotatable bonds is 6. The van der Waals surface area contributed by atoms with E-state index in [1.807, 2.05) is 32.0 Å². The first-order valence-electron chi connectivity index (χ1n) is 11.6. The van der Waals surface area contributed by atoms with E-state index in [4.69, 9.17) is 9.73 Å². The number of ether oxygens (including phenoxy) is 1. The van der Waals surface area contributed by atoms with E-state index in [9.17, 15) is 9.59 Å². The summed E-state index contributed by atoms with van der Waals surface area (Å²) in [5.41, 5.74) is 5.63. The van der Waals surface area contributed by atoms with Gasteiger partial charge >= 0.3 is 5.97 Å². The lowest BCUT2D eigenvalue weighted by Gasteiger charge is -2.36. The second-order valence-electron chi connectivity index (χ2n) is 8.77. The number of hydrogen-bond acceptors (Lipinski definition) is 4. The number of esters is 1. The Morgan fingerprint density at radius 3 is 2.38 bits per heavy atom. The largest absolute Gasteiger partial charge is 0.465 e. The van der Waals surface area contributed by atoms with Crippen molar-refractivity contribution in [2.75, 3.05) is 6.61 Å². The molecule has 0 saturated carbocycles. The highest BCUT2D eigenvalue weighted by Crippen LogP contribution is 2.46. The van der Waals surface area contributed by atoms with Gasteiger partial charge in [-0.1, -0.05) is 68.4 Å². The van der Waals surface area contributed by atoms with Gasteiger partial charge < -0.3 is 4.74 Å². The Balaban J connectivity index is 1.77. The second-order valence-corrected chi connectivity index (χ2v) is 8.77. The van der Waals surface area contributed by atoms with Gasteiger partial charge in [-0.05, 0) is 48.8 Å². The summed E-state index contributed by atoms with van der Waals surface area (Å²) in [6.45, 7) is 6.36. The number of hydrogen-bond donors (Lipinski definition) is 0. The van der Waals surface area contributed by atoms with Crippen molar-refractivity contribution in [3.63, 3.8) is 0 Å². The molecule has 2 aromatic carbocycles. The fourth-order valence-corrected chi connectivity index (χ4v) is 4.94. The van der Waals surface area contributed by atoms with Crippen molar-refractivity contribution in [2.45, 2.75) is 58.3 Å². The van der Waals surface area contributed by atoms with Gasteiger partial charge in [0.25, 0.3) is 0 Å². The van der Waals surface area contributed by atoms with Crippen molar-refractivity contribution in [3.05, 3.63) is 82.6 Å². The molecular formula is C28H31NO3. The van der Waals surface area contributed by atoms with Crippen LogP contribution in [0.4, 0.5) is 0 Å². The van der Waals surface area contributed by atoms with Gasteiger partial charge in [-0.2, -0.15) is 0 Å². The van der Waals surface area contributed by atoms with Gasteiger partial charge in [0.2, 0.25) is 0 Å².